The van der Waals surface area contributed by atoms with Gasteiger partial charge in [0, 0.05) is 13.0 Å². The zero-order chi connectivity index (χ0) is 12.8. The normalized spacial score (nSPS) is 12.4. The van der Waals surface area contributed by atoms with E-state index in [0.29, 0.717) is 13.0 Å². The molecule has 0 spiro atoms. The van der Waals surface area contributed by atoms with Crippen LogP contribution < -0.4 is 0 Å². The molecular weight excluding hydrogens is 216 g/mol. The van der Waals surface area contributed by atoms with Crippen LogP contribution in [-0.4, -0.2) is 23.8 Å². The Labute approximate surface area is 102 Å². The van der Waals surface area contributed by atoms with Gasteiger partial charge in [-0.25, -0.2) is 4.79 Å². The van der Waals surface area contributed by atoms with Crippen LogP contribution >= 0.6 is 0 Å². The van der Waals surface area contributed by atoms with Gasteiger partial charge in [-0.05, 0) is 31.4 Å². The van der Waals surface area contributed by atoms with E-state index in [1.807, 2.05) is 32.9 Å². The monoisotopic (exact) mass is 236 g/mol. The standard InChI is InChI=1S/C14H20O3/c1-4-7-17-13(14(15)16)9-12-6-5-10(2)8-11(12)3/h5-6,8,13H,4,7,9H2,1-3H3,(H,15,16)/t13-/m0/s1. The Morgan fingerprint density at radius 2 is 2.12 bits per heavy atom. The predicted octanol–water partition coefficient (Wildman–Crippen LogP) is 2.73. The molecule has 0 saturated heterocycles. The maximum Gasteiger partial charge on any atom is 0.333 e. The van der Waals surface area contributed by atoms with Crippen LogP contribution in [-0.2, 0) is 16.0 Å². The molecule has 0 aliphatic heterocycles. The lowest BCUT2D eigenvalue weighted by Gasteiger charge is -2.15. The Kier molecular flexibility index (Phi) is 5.16. The number of carbonyl (C=O) groups is 1. The van der Waals surface area contributed by atoms with Gasteiger partial charge in [0.25, 0.3) is 0 Å². The fraction of sp³-hybridized carbons (Fsp3) is 0.500. The molecule has 1 rings (SSSR count). The fourth-order valence-corrected chi connectivity index (χ4v) is 1.75. The first-order valence-corrected chi connectivity index (χ1v) is 5.95. The van der Waals surface area contributed by atoms with E-state index in [-0.39, 0.29) is 0 Å². The highest BCUT2D eigenvalue weighted by atomic mass is 16.5. The molecule has 94 valence electrons. The van der Waals surface area contributed by atoms with E-state index in [9.17, 15) is 4.79 Å². The number of carboxylic acid groups (broad SMARTS) is 1. The molecule has 3 nitrogen and oxygen atoms in total. The third kappa shape index (κ3) is 4.19. The number of rotatable bonds is 6. The third-order valence-electron chi connectivity index (χ3n) is 2.70. The maximum atomic E-state index is 11.1. The molecule has 0 heterocycles. The fourth-order valence-electron chi connectivity index (χ4n) is 1.75. The Balaban J connectivity index is 2.75. The highest BCUT2D eigenvalue weighted by molar-refractivity contribution is 5.72. The maximum absolute atomic E-state index is 11.1. The van der Waals surface area contributed by atoms with Crippen LogP contribution in [0.1, 0.15) is 30.0 Å². The first kappa shape index (κ1) is 13.7. The number of hydrogen-bond acceptors (Lipinski definition) is 2. The topological polar surface area (TPSA) is 46.5 Å². The minimum Gasteiger partial charge on any atom is -0.479 e. The summed E-state index contributed by atoms with van der Waals surface area (Å²) in [5, 5.41) is 9.08. The molecule has 0 saturated carbocycles. The predicted molar refractivity (Wildman–Crippen MR) is 67.3 cm³/mol. The lowest BCUT2D eigenvalue weighted by molar-refractivity contribution is -0.150. The zero-order valence-electron chi connectivity index (χ0n) is 10.7. The van der Waals surface area contributed by atoms with Gasteiger partial charge in [0.2, 0.25) is 0 Å². The zero-order valence-corrected chi connectivity index (χ0v) is 10.7. The van der Waals surface area contributed by atoms with E-state index in [0.717, 1.165) is 17.5 Å². The summed E-state index contributed by atoms with van der Waals surface area (Å²) in [4.78, 5) is 11.1. The molecule has 3 heteroatoms. The molecule has 0 fully saturated rings. The van der Waals surface area contributed by atoms with E-state index in [4.69, 9.17) is 9.84 Å². The average Bonchev–Trinajstić information content (AvgIpc) is 2.26. The summed E-state index contributed by atoms with van der Waals surface area (Å²) in [5.41, 5.74) is 3.35. The summed E-state index contributed by atoms with van der Waals surface area (Å²) >= 11 is 0. The number of ether oxygens (including phenoxy) is 1. The molecular formula is C14H20O3. The molecule has 0 unspecified atom stereocenters. The van der Waals surface area contributed by atoms with Gasteiger partial charge in [-0.3, -0.25) is 0 Å². The van der Waals surface area contributed by atoms with Gasteiger partial charge in [0.1, 0.15) is 0 Å². The third-order valence-corrected chi connectivity index (χ3v) is 2.70. The van der Waals surface area contributed by atoms with Crippen LogP contribution in [0.4, 0.5) is 0 Å². The van der Waals surface area contributed by atoms with Crippen molar-refractivity contribution >= 4 is 5.97 Å². The summed E-state index contributed by atoms with van der Waals surface area (Å²) in [6.45, 7) is 6.48. The number of aryl methyl sites for hydroxylation is 2. The van der Waals surface area contributed by atoms with Crippen LogP contribution in [0, 0.1) is 13.8 Å². The van der Waals surface area contributed by atoms with Crippen molar-refractivity contribution < 1.29 is 14.6 Å². The van der Waals surface area contributed by atoms with Crippen LogP contribution in [0.3, 0.4) is 0 Å². The number of aliphatic carboxylic acids is 1. The van der Waals surface area contributed by atoms with Gasteiger partial charge >= 0.3 is 5.97 Å². The van der Waals surface area contributed by atoms with Gasteiger partial charge in [-0.15, -0.1) is 0 Å². The molecule has 0 aromatic heterocycles. The van der Waals surface area contributed by atoms with Gasteiger partial charge in [-0.1, -0.05) is 30.7 Å². The Morgan fingerprint density at radius 1 is 1.41 bits per heavy atom. The average molecular weight is 236 g/mol. The number of benzene rings is 1. The van der Waals surface area contributed by atoms with Gasteiger partial charge in [0.15, 0.2) is 6.10 Å². The molecule has 1 atom stereocenters. The second kappa shape index (κ2) is 6.40. The molecule has 0 bridgehead atoms. The molecule has 1 aromatic rings. The van der Waals surface area contributed by atoms with Gasteiger partial charge < -0.3 is 9.84 Å². The van der Waals surface area contributed by atoms with Crippen LogP contribution in [0.2, 0.25) is 0 Å². The smallest absolute Gasteiger partial charge is 0.333 e. The summed E-state index contributed by atoms with van der Waals surface area (Å²) in [5.74, 6) is -0.890. The van der Waals surface area contributed by atoms with Crippen molar-refractivity contribution in [3.8, 4) is 0 Å². The Bertz CT molecular complexity index is 385. The van der Waals surface area contributed by atoms with Gasteiger partial charge in [0.05, 0.1) is 0 Å². The van der Waals surface area contributed by atoms with Crippen molar-refractivity contribution in [2.24, 2.45) is 0 Å². The first-order valence-electron chi connectivity index (χ1n) is 5.95. The minimum absolute atomic E-state index is 0.432. The van der Waals surface area contributed by atoms with Gasteiger partial charge in [-0.2, -0.15) is 0 Å². The largest absolute Gasteiger partial charge is 0.479 e. The van der Waals surface area contributed by atoms with Crippen LogP contribution in [0.5, 0.6) is 0 Å². The quantitative estimate of drug-likeness (QED) is 0.826. The molecule has 0 radical (unpaired) electrons. The summed E-state index contributed by atoms with van der Waals surface area (Å²) < 4.78 is 5.34. The van der Waals surface area contributed by atoms with E-state index in [1.165, 1.54) is 5.56 Å². The summed E-state index contributed by atoms with van der Waals surface area (Å²) in [7, 11) is 0. The van der Waals surface area contributed by atoms with E-state index in [2.05, 4.69) is 6.07 Å². The van der Waals surface area contributed by atoms with Crippen molar-refractivity contribution in [3.05, 3.63) is 34.9 Å². The first-order chi connectivity index (χ1) is 8.04. The molecule has 0 aliphatic carbocycles. The van der Waals surface area contributed by atoms with Crippen molar-refractivity contribution in [1.29, 1.82) is 0 Å². The molecule has 0 aliphatic rings. The van der Waals surface area contributed by atoms with Crippen molar-refractivity contribution in [3.63, 3.8) is 0 Å². The van der Waals surface area contributed by atoms with E-state index in [1.54, 1.807) is 0 Å². The molecule has 17 heavy (non-hydrogen) atoms. The molecule has 1 aromatic carbocycles. The van der Waals surface area contributed by atoms with Crippen LogP contribution in [0.15, 0.2) is 18.2 Å². The second-order valence-corrected chi connectivity index (χ2v) is 4.33. The van der Waals surface area contributed by atoms with Crippen molar-refractivity contribution in [2.75, 3.05) is 6.61 Å². The SMILES string of the molecule is CCCO[C@@H](Cc1ccc(C)cc1C)C(=O)O. The highest BCUT2D eigenvalue weighted by Crippen LogP contribution is 2.14. The summed E-state index contributed by atoms with van der Waals surface area (Å²) in [6.07, 6.45) is 0.523. The summed E-state index contributed by atoms with van der Waals surface area (Å²) in [6, 6.07) is 6.05. The lowest BCUT2D eigenvalue weighted by atomic mass is 10.0. The number of carboxylic acids is 1. The van der Waals surface area contributed by atoms with E-state index >= 15 is 0 Å². The van der Waals surface area contributed by atoms with Crippen molar-refractivity contribution in [2.45, 2.75) is 39.7 Å². The second-order valence-electron chi connectivity index (χ2n) is 4.33. The highest BCUT2D eigenvalue weighted by Gasteiger charge is 2.19. The van der Waals surface area contributed by atoms with E-state index < -0.39 is 12.1 Å². The number of hydrogen-bond donors (Lipinski definition) is 1. The molecule has 1 N–H and O–H groups in total. The Morgan fingerprint density at radius 3 is 2.65 bits per heavy atom. The lowest BCUT2D eigenvalue weighted by Crippen LogP contribution is -2.27. The molecule has 0 amide bonds. The Hall–Kier alpha value is -1.35. The minimum atomic E-state index is -0.890. The van der Waals surface area contributed by atoms with Crippen LogP contribution in [0.25, 0.3) is 0 Å². The van der Waals surface area contributed by atoms with Crippen molar-refractivity contribution in [1.82, 2.24) is 0 Å².